The highest BCUT2D eigenvalue weighted by atomic mass is 16.6. The molecule has 48 heavy (non-hydrogen) atoms. The minimum absolute atomic E-state index is 0.185. The summed E-state index contributed by atoms with van der Waals surface area (Å²) in [5, 5.41) is 13.8. The third-order valence-electron chi connectivity index (χ3n) is 10.1. The lowest BCUT2D eigenvalue weighted by molar-refractivity contribution is -0.162. The van der Waals surface area contributed by atoms with Crippen LogP contribution in [-0.2, 0) is 28.7 Å². The number of nitrogens with zero attached hydrogens (tertiary/aromatic N) is 2. The van der Waals surface area contributed by atoms with E-state index in [4.69, 9.17) is 9.47 Å². The smallest absolute Gasteiger partial charge is 0.313 e. The number of hydrogen-bond acceptors (Lipinski definition) is 7. The number of ether oxygens (including phenoxy) is 2. The molecule has 3 amide bonds. The molecule has 2 aromatic carbocycles. The summed E-state index contributed by atoms with van der Waals surface area (Å²) in [4.78, 5) is 60.1. The van der Waals surface area contributed by atoms with Crippen molar-refractivity contribution in [1.29, 1.82) is 0 Å². The summed E-state index contributed by atoms with van der Waals surface area (Å²) in [7, 11) is 0. The number of rotatable bonds is 8. The van der Waals surface area contributed by atoms with Crippen LogP contribution in [0.25, 0.3) is 0 Å². The summed E-state index contributed by atoms with van der Waals surface area (Å²) in [6, 6.07) is 15.8. The second-order valence-corrected chi connectivity index (χ2v) is 13.2. The lowest BCUT2D eigenvalue weighted by Crippen LogP contribution is -2.56. The van der Waals surface area contributed by atoms with Gasteiger partial charge < -0.3 is 29.7 Å². The van der Waals surface area contributed by atoms with Crippen LogP contribution in [0.2, 0.25) is 0 Å². The van der Waals surface area contributed by atoms with Crippen LogP contribution in [-0.4, -0.2) is 82.1 Å². The molecule has 2 aromatic rings. The number of carbonyl (C=O) groups excluding carboxylic acids is 4. The normalized spacial score (nSPS) is 31.8. The summed E-state index contributed by atoms with van der Waals surface area (Å²) in [6.07, 6.45) is 9.05. The van der Waals surface area contributed by atoms with Crippen molar-refractivity contribution >= 4 is 23.7 Å². The molecule has 4 aliphatic heterocycles. The van der Waals surface area contributed by atoms with Crippen molar-refractivity contribution in [3.05, 3.63) is 96.1 Å². The minimum atomic E-state index is -1.42. The molecule has 10 heteroatoms. The quantitative estimate of drug-likeness (QED) is 0.250. The lowest BCUT2D eigenvalue weighted by Gasteiger charge is -2.39. The maximum atomic E-state index is 14.9. The molecule has 4 aliphatic rings. The number of cyclic esters (lactones) is 1. The number of fused-ring (bicyclic) bond motifs is 2. The SMILES string of the molecule is CCCCCN1C/C=C\CCC(=O)N[C@@H](C)[C@H](c2ccccc2)OC(=O)[C@@H]2[C@H]3C(=O)N([C@H](CO)c4ccccc4)[C@H](C1=O)[C@]31C=C[C@H]2O1. The van der Waals surface area contributed by atoms with Gasteiger partial charge in [0.15, 0.2) is 0 Å². The zero-order valence-electron chi connectivity index (χ0n) is 27.6. The largest absolute Gasteiger partial charge is 0.455 e. The van der Waals surface area contributed by atoms with Gasteiger partial charge in [0.1, 0.15) is 23.7 Å². The second-order valence-electron chi connectivity index (χ2n) is 13.2. The van der Waals surface area contributed by atoms with Crippen LogP contribution < -0.4 is 5.32 Å². The third-order valence-corrected chi connectivity index (χ3v) is 10.1. The van der Waals surface area contributed by atoms with Gasteiger partial charge in [-0.1, -0.05) is 105 Å². The first-order valence-corrected chi connectivity index (χ1v) is 17.1. The van der Waals surface area contributed by atoms with Crippen molar-refractivity contribution in [2.24, 2.45) is 11.8 Å². The summed E-state index contributed by atoms with van der Waals surface area (Å²) in [5.74, 6) is -3.65. The fourth-order valence-corrected chi connectivity index (χ4v) is 7.78. The number of allylic oxidation sites excluding steroid dienone is 1. The van der Waals surface area contributed by atoms with Gasteiger partial charge in [-0.25, -0.2) is 0 Å². The van der Waals surface area contributed by atoms with Gasteiger partial charge in [-0.05, 0) is 30.9 Å². The van der Waals surface area contributed by atoms with Crippen molar-refractivity contribution in [2.45, 2.75) is 81.9 Å². The van der Waals surface area contributed by atoms with Crippen LogP contribution >= 0.6 is 0 Å². The van der Waals surface area contributed by atoms with E-state index >= 15 is 0 Å². The number of amides is 3. The fraction of sp³-hybridized carbons (Fsp3) is 0.474. The molecule has 6 rings (SSSR count). The topological polar surface area (TPSA) is 125 Å². The minimum Gasteiger partial charge on any atom is -0.455 e. The van der Waals surface area contributed by atoms with Gasteiger partial charge in [0, 0.05) is 19.5 Å². The molecular formula is C38H45N3O7. The summed E-state index contributed by atoms with van der Waals surface area (Å²) in [5.41, 5.74) is -0.0492. The number of nitrogens with one attached hydrogen (secondary N) is 1. The highest BCUT2D eigenvalue weighted by molar-refractivity contribution is 5.99. The second kappa shape index (κ2) is 14.5. The molecule has 0 saturated carbocycles. The molecule has 2 fully saturated rings. The molecule has 0 aliphatic carbocycles. The molecule has 0 unspecified atom stereocenters. The number of likely N-dealkylation sites (tertiary alicyclic amines) is 1. The average Bonchev–Trinajstić information content (AvgIpc) is 3.74. The standard InChI is InChI=1S/C38H45N3O7/c1-3-4-13-22-40-23-14-7-12-19-30(43)39-25(2)33(27-17-10-6-11-18-27)47-37(46)31-29-20-21-38(48-29)32(31)35(44)41(34(38)36(40)45)28(24-42)26-15-8-5-9-16-26/h5-11,14-18,20-21,25,28-29,31-34,42H,3-4,12-13,19,22-24H2,1-2H3,(H,39,43)/b14-7-/t25-,28+,29+,31-,32-,33+,34+,38-/m0/s1. The van der Waals surface area contributed by atoms with Gasteiger partial charge in [0.05, 0.1) is 30.7 Å². The Balaban J connectivity index is 1.45. The van der Waals surface area contributed by atoms with Gasteiger partial charge in [0.2, 0.25) is 17.7 Å². The molecule has 5 bridgehead atoms. The molecular weight excluding hydrogens is 610 g/mol. The van der Waals surface area contributed by atoms with Crippen LogP contribution in [0.3, 0.4) is 0 Å². The van der Waals surface area contributed by atoms with Gasteiger partial charge in [0.25, 0.3) is 0 Å². The lowest BCUT2D eigenvalue weighted by atomic mass is 9.74. The van der Waals surface area contributed by atoms with E-state index in [1.54, 1.807) is 24.0 Å². The Morgan fingerprint density at radius 2 is 1.71 bits per heavy atom. The molecule has 0 aromatic heterocycles. The number of aliphatic hydroxyl groups excluding tert-OH is 1. The highest BCUT2D eigenvalue weighted by Crippen LogP contribution is 2.57. The molecule has 1 spiro atoms. The van der Waals surface area contributed by atoms with Crippen LogP contribution in [0.5, 0.6) is 0 Å². The number of carbonyl (C=O) groups is 4. The Labute approximate surface area is 281 Å². The first-order chi connectivity index (χ1) is 23.3. The van der Waals surface area contributed by atoms with Gasteiger partial charge in [-0.3, -0.25) is 19.2 Å². The van der Waals surface area contributed by atoms with Gasteiger partial charge >= 0.3 is 5.97 Å². The zero-order chi connectivity index (χ0) is 33.8. The number of unbranched alkanes of at least 4 members (excludes halogenated alkanes) is 2. The highest BCUT2D eigenvalue weighted by Gasteiger charge is 2.74. The van der Waals surface area contributed by atoms with E-state index in [-0.39, 0.29) is 24.8 Å². The molecule has 2 saturated heterocycles. The Kier molecular flexibility index (Phi) is 10.1. The summed E-state index contributed by atoms with van der Waals surface area (Å²) < 4.78 is 12.8. The van der Waals surface area contributed by atoms with Crippen LogP contribution in [0.1, 0.15) is 69.2 Å². The monoisotopic (exact) mass is 655 g/mol. The summed E-state index contributed by atoms with van der Waals surface area (Å²) in [6.45, 7) is 4.20. The average molecular weight is 656 g/mol. The number of esters is 1. The predicted molar refractivity (Wildman–Crippen MR) is 178 cm³/mol. The molecule has 254 valence electrons. The predicted octanol–water partition coefficient (Wildman–Crippen LogP) is 4.03. The van der Waals surface area contributed by atoms with Crippen molar-refractivity contribution in [3.8, 4) is 0 Å². The first kappa shape index (κ1) is 33.6. The van der Waals surface area contributed by atoms with Crippen molar-refractivity contribution in [2.75, 3.05) is 19.7 Å². The van der Waals surface area contributed by atoms with E-state index in [9.17, 15) is 24.3 Å². The Morgan fingerprint density at radius 3 is 2.42 bits per heavy atom. The van der Waals surface area contributed by atoms with Crippen molar-refractivity contribution in [1.82, 2.24) is 15.1 Å². The number of benzene rings is 2. The molecule has 2 N–H and O–H groups in total. The Bertz CT molecular complexity index is 1550. The van der Waals surface area contributed by atoms with E-state index < -0.39 is 66.3 Å². The molecule has 4 heterocycles. The van der Waals surface area contributed by atoms with Gasteiger partial charge in [-0.2, -0.15) is 0 Å². The molecule has 10 nitrogen and oxygen atoms in total. The van der Waals surface area contributed by atoms with Gasteiger partial charge in [-0.15, -0.1) is 0 Å². The number of aliphatic hydroxyl groups is 1. The molecule has 8 atom stereocenters. The fourth-order valence-electron chi connectivity index (χ4n) is 7.78. The van der Waals surface area contributed by atoms with Crippen molar-refractivity contribution < 1.29 is 33.8 Å². The summed E-state index contributed by atoms with van der Waals surface area (Å²) >= 11 is 0. The maximum Gasteiger partial charge on any atom is 0.313 e. The first-order valence-electron chi connectivity index (χ1n) is 17.1. The Hall–Kier alpha value is -4.28. The maximum absolute atomic E-state index is 14.9. The van der Waals surface area contributed by atoms with E-state index in [2.05, 4.69) is 12.2 Å². The van der Waals surface area contributed by atoms with E-state index in [0.717, 1.165) is 19.3 Å². The van der Waals surface area contributed by atoms with E-state index in [1.807, 2.05) is 72.8 Å². The molecule has 0 radical (unpaired) electrons. The number of hydrogen-bond donors (Lipinski definition) is 2. The van der Waals surface area contributed by atoms with E-state index in [1.165, 1.54) is 4.90 Å². The van der Waals surface area contributed by atoms with Crippen molar-refractivity contribution in [3.63, 3.8) is 0 Å². The van der Waals surface area contributed by atoms with Crippen LogP contribution in [0.4, 0.5) is 0 Å². The zero-order valence-corrected chi connectivity index (χ0v) is 27.6. The Morgan fingerprint density at radius 1 is 0.979 bits per heavy atom. The van der Waals surface area contributed by atoms with Crippen LogP contribution in [0, 0.1) is 11.8 Å². The van der Waals surface area contributed by atoms with Crippen LogP contribution in [0.15, 0.2) is 85.0 Å². The van der Waals surface area contributed by atoms with E-state index in [0.29, 0.717) is 24.1 Å². The third kappa shape index (κ3) is 6.19.